The molecule has 24 heavy (non-hydrogen) atoms. The van der Waals surface area contributed by atoms with E-state index in [4.69, 9.17) is 0 Å². The summed E-state index contributed by atoms with van der Waals surface area (Å²) in [5.41, 5.74) is 2.55. The Kier molecular flexibility index (Phi) is 4.37. The van der Waals surface area contributed by atoms with Crippen molar-refractivity contribution in [3.63, 3.8) is 0 Å². The van der Waals surface area contributed by atoms with Gasteiger partial charge in [-0.25, -0.2) is 0 Å². The van der Waals surface area contributed by atoms with Crippen LogP contribution < -0.4 is 5.56 Å². The molecule has 0 saturated carbocycles. The van der Waals surface area contributed by atoms with E-state index in [1.807, 2.05) is 36.4 Å². The summed E-state index contributed by atoms with van der Waals surface area (Å²) < 4.78 is 2.38. The highest BCUT2D eigenvalue weighted by Crippen LogP contribution is 2.26. The van der Waals surface area contributed by atoms with Gasteiger partial charge in [0.1, 0.15) is 0 Å². The molecule has 0 amide bonds. The first-order chi connectivity index (χ1) is 11.3. The Labute approximate surface area is 149 Å². The topological polar surface area (TPSA) is 42.2 Å². The molecule has 1 heterocycles. The largest absolute Gasteiger partial charge is 0.392 e. The SMILES string of the molecule is CC(C)(C)c1ccc2c(=O)n(-c3cccc(Br)c3CO)ccc2c1. The van der Waals surface area contributed by atoms with Gasteiger partial charge in [0.25, 0.3) is 5.56 Å². The van der Waals surface area contributed by atoms with Gasteiger partial charge in [-0.15, -0.1) is 0 Å². The number of fused-ring (bicyclic) bond motifs is 1. The van der Waals surface area contributed by atoms with Crippen LogP contribution in [-0.4, -0.2) is 9.67 Å². The van der Waals surface area contributed by atoms with Crippen molar-refractivity contribution in [3.05, 3.63) is 74.6 Å². The van der Waals surface area contributed by atoms with Crippen molar-refractivity contribution < 1.29 is 5.11 Å². The molecule has 3 rings (SSSR count). The third kappa shape index (κ3) is 2.92. The maximum Gasteiger partial charge on any atom is 0.262 e. The average molecular weight is 386 g/mol. The van der Waals surface area contributed by atoms with Gasteiger partial charge >= 0.3 is 0 Å². The van der Waals surface area contributed by atoms with E-state index in [-0.39, 0.29) is 17.6 Å². The van der Waals surface area contributed by atoms with Crippen LogP contribution in [0.1, 0.15) is 31.9 Å². The van der Waals surface area contributed by atoms with Crippen LogP contribution in [0, 0.1) is 0 Å². The van der Waals surface area contributed by atoms with Crippen molar-refractivity contribution in [2.45, 2.75) is 32.8 Å². The summed E-state index contributed by atoms with van der Waals surface area (Å²) in [4.78, 5) is 12.9. The quantitative estimate of drug-likeness (QED) is 0.703. The van der Waals surface area contributed by atoms with E-state index in [0.29, 0.717) is 16.6 Å². The number of hydrogen-bond acceptors (Lipinski definition) is 2. The van der Waals surface area contributed by atoms with E-state index in [1.54, 1.807) is 10.8 Å². The van der Waals surface area contributed by atoms with E-state index < -0.39 is 0 Å². The average Bonchev–Trinajstić information content (AvgIpc) is 2.54. The Balaban J connectivity index is 2.24. The smallest absolute Gasteiger partial charge is 0.262 e. The first kappa shape index (κ1) is 16.9. The standard InChI is InChI=1S/C20H20BrNO2/c1-20(2,3)14-7-8-15-13(11-14)9-10-22(19(15)24)18-6-4-5-17(21)16(18)12-23/h4-11,23H,12H2,1-3H3. The number of aliphatic hydroxyl groups is 1. The first-order valence-electron chi connectivity index (χ1n) is 7.87. The van der Waals surface area contributed by atoms with Crippen molar-refractivity contribution in [1.82, 2.24) is 4.57 Å². The van der Waals surface area contributed by atoms with Crippen LogP contribution in [-0.2, 0) is 12.0 Å². The van der Waals surface area contributed by atoms with Crippen LogP contribution in [0.3, 0.4) is 0 Å². The van der Waals surface area contributed by atoms with E-state index in [0.717, 1.165) is 9.86 Å². The second-order valence-corrected chi connectivity index (χ2v) is 7.79. The van der Waals surface area contributed by atoms with E-state index >= 15 is 0 Å². The number of nitrogens with zero attached hydrogens (tertiary/aromatic N) is 1. The van der Waals surface area contributed by atoms with Crippen LogP contribution in [0.5, 0.6) is 0 Å². The fourth-order valence-electron chi connectivity index (χ4n) is 2.83. The number of aliphatic hydroxyl groups excluding tert-OH is 1. The zero-order chi connectivity index (χ0) is 17.5. The monoisotopic (exact) mass is 385 g/mol. The number of aromatic nitrogens is 1. The molecular formula is C20H20BrNO2. The van der Waals surface area contributed by atoms with Crippen LogP contribution in [0.25, 0.3) is 16.5 Å². The maximum atomic E-state index is 12.9. The third-order valence-corrected chi connectivity index (χ3v) is 5.02. The molecule has 4 heteroatoms. The van der Waals surface area contributed by atoms with Gasteiger partial charge in [0.15, 0.2) is 0 Å². The normalized spacial score (nSPS) is 11.9. The summed E-state index contributed by atoms with van der Waals surface area (Å²) in [5.74, 6) is 0. The van der Waals surface area contributed by atoms with Gasteiger partial charge in [-0.05, 0) is 40.6 Å². The number of halogens is 1. The van der Waals surface area contributed by atoms with Crippen LogP contribution in [0.4, 0.5) is 0 Å². The minimum atomic E-state index is -0.135. The Bertz CT molecular complexity index is 968. The van der Waals surface area contributed by atoms with Gasteiger partial charge in [0.05, 0.1) is 12.3 Å². The summed E-state index contributed by atoms with van der Waals surface area (Å²) in [5, 5.41) is 11.3. The number of hydrogen-bond donors (Lipinski definition) is 1. The number of pyridine rings is 1. The number of benzene rings is 2. The van der Waals surface area contributed by atoms with E-state index in [9.17, 15) is 9.90 Å². The molecule has 124 valence electrons. The summed E-state index contributed by atoms with van der Waals surface area (Å²) >= 11 is 3.43. The van der Waals surface area contributed by atoms with Crippen molar-refractivity contribution >= 4 is 26.7 Å². The second-order valence-electron chi connectivity index (χ2n) is 6.94. The highest BCUT2D eigenvalue weighted by molar-refractivity contribution is 9.10. The van der Waals surface area contributed by atoms with Gasteiger partial charge in [-0.3, -0.25) is 9.36 Å². The summed E-state index contributed by atoms with van der Waals surface area (Å²) in [7, 11) is 0. The van der Waals surface area contributed by atoms with Crippen LogP contribution >= 0.6 is 15.9 Å². The molecule has 2 aromatic carbocycles. The lowest BCUT2D eigenvalue weighted by Gasteiger charge is -2.19. The molecule has 0 unspecified atom stereocenters. The van der Waals surface area contributed by atoms with Gasteiger partial charge in [-0.1, -0.05) is 54.9 Å². The Hall–Kier alpha value is -1.91. The molecule has 0 spiro atoms. The number of rotatable bonds is 2. The van der Waals surface area contributed by atoms with Gasteiger partial charge < -0.3 is 5.11 Å². The van der Waals surface area contributed by atoms with Crippen molar-refractivity contribution in [2.24, 2.45) is 0 Å². The fraction of sp³-hybridized carbons (Fsp3) is 0.250. The van der Waals surface area contributed by atoms with Crippen molar-refractivity contribution in [1.29, 1.82) is 0 Å². The van der Waals surface area contributed by atoms with Gasteiger partial charge in [0, 0.05) is 21.6 Å². The van der Waals surface area contributed by atoms with E-state index in [1.165, 1.54) is 5.56 Å². The van der Waals surface area contributed by atoms with E-state index in [2.05, 4.69) is 42.8 Å². The molecule has 0 radical (unpaired) electrons. The molecule has 0 saturated heterocycles. The van der Waals surface area contributed by atoms with Gasteiger partial charge in [-0.2, -0.15) is 0 Å². The molecule has 0 aliphatic rings. The minimum absolute atomic E-state index is 0.0391. The Morgan fingerprint density at radius 1 is 1.12 bits per heavy atom. The predicted octanol–water partition coefficient (Wildman–Crippen LogP) is 4.54. The molecule has 0 atom stereocenters. The fourth-order valence-corrected chi connectivity index (χ4v) is 3.31. The van der Waals surface area contributed by atoms with Crippen molar-refractivity contribution in [2.75, 3.05) is 0 Å². The molecule has 1 aromatic heterocycles. The summed E-state index contributed by atoms with van der Waals surface area (Å²) in [6.07, 6.45) is 1.78. The first-order valence-corrected chi connectivity index (χ1v) is 8.67. The molecule has 0 aliphatic carbocycles. The Morgan fingerprint density at radius 2 is 1.88 bits per heavy atom. The molecule has 3 nitrogen and oxygen atoms in total. The molecular weight excluding hydrogens is 366 g/mol. The molecule has 0 aliphatic heterocycles. The maximum absolute atomic E-state index is 12.9. The summed E-state index contributed by atoms with van der Waals surface area (Å²) in [6, 6.07) is 13.5. The molecule has 3 aromatic rings. The highest BCUT2D eigenvalue weighted by atomic mass is 79.9. The minimum Gasteiger partial charge on any atom is -0.392 e. The molecule has 0 fully saturated rings. The third-order valence-electron chi connectivity index (χ3n) is 4.28. The van der Waals surface area contributed by atoms with Crippen molar-refractivity contribution in [3.8, 4) is 5.69 Å². The second kappa shape index (κ2) is 6.19. The Morgan fingerprint density at radius 3 is 2.54 bits per heavy atom. The van der Waals surface area contributed by atoms with Gasteiger partial charge in [0.2, 0.25) is 0 Å². The molecule has 1 N–H and O–H groups in total. The zero-order valence-corrected chi connectivity index (χ0v) is 15.6. The molecule has 0 bridgehead atoms. The van der Waals surface area contributed by atoms with Crippen LogP contribution in [0.15, 0.2) is 57.9 Å². The lowest BCUT2D eigenvalue weighted by Crippen LogP contribution is -2.19. The lowest BCUT2D eigenvalue weighted by molar-refractivity contribution is 0.280. The predicted molar refractivity (Wildman–Crippen MR) is 102 cm³/mol. The summed E-state index contributed by atoms with van der Waals surface area (Å²) in [6.45, 7) is 6.34. The zero-order valence-electron chi connectivity index (χ0n) is 14.0. The highest BCUT2D eigenvalue weighted by Gasteiger charge is 2.15. The lowest BCUT2D eigenvalue weighted by atomic mass is 9.86. The van der Waals surface area contributed by atoms with Crippen LogP contribution in [0.2, 0.25) is 0 Å².